The van der Waals surface area contributed by atoms with Gasteiger partial charge >= 0.3 is 0 Å². The summed E-state index contributed by atoms with van der Waals surface area (Å²) in [6.07, 6.45) is 0.899. The molecule has 0 aliphatic carbocycles. The van der Waals surface area contributed by atoms with Gasteiger partial charge in [-0.15, -0.1) is 0 Å². The minimum Gasteiger partial charge on any atom is -0.482 e. The van der Waals surface area contributed by atoms with Crippen molar-refractivity contribution in [2.75, 3.05) is 51.3 Å². The third-order valence-electron chi connectivity index (χ3n) is 3.91. The number of carbonyl (C=O) groups is 2. The van der Waals surface area contributed by atoms with Crippen LogP contribution in [0.3, 0.4) is 0 Å². The van der Waals surface area contributed by atoms with Gasteiger partial charge in [0.15, 0.2) is 6.61 Å². The van der Waals surface area contributed by atoms with Gasteiger partial charge in [0.1, 0.15) is 5.75 Å². The van der Waals surface area contributed by atoms with Crippen LogP contribution in [0.1, 0.15) is 16.8 Å². The monoisotopic (exact) mass is 319 g/mol. The largest absolute Gasteiger partial charge is 0.482 e. The Bertz CT molecular complexity index is 585. The van der Waals surface area contributed by atoms with Crippen LogP contribution in [-0.4, -0.2) is 62.7 Å². The van der Waals surface area contributed by atoms with E-state index in [1.54, 1.807) is 18.2 Å². The number of rotatable bonds is 5. The molecule has 0 aromatic heterocycles. The molecule has 124 valence electrons. The molecule has 2 aliphatic heterocycles. The summed E-state index contributed by atoms with van der Waals surface area (Å²) in [6, 6.07) is 5.05. The van der Waals surface area contributed by atoms with Gasteiger partial charge in [0.05, 0.1) is 18.9 Å². The number of hydrogen-bond donors (Lipinski definition) is 2. The van der Waals surface area contributed by atoms with Gasteiger partial charge in [-0.2, -0.15) is 0 Å². The first-order valence-corrected chi connectivity index (χ1v) is 7.87. The second kappa shape index (κ2) is 7.43. The molecule has 2 N–H and O–H groups in total. The van der Waals surface area contributed by atoms with Crippen molar-refractivity contribution in [3.8, 4) is 5.75 Å². The van der Waals surface area contributed by atoms with Crippen LogP contribution in [0.25, 0.3) is 0 Å². The molecule has 23 heavy (non-hydrogen) atoms. The Labute approximate surface area is 134 Å². The number of nitrogens with one attached hydrogen (secondary N) is 2. The minimum absolute atomic E-state index is 0.0140. The second-order valence-electron chi connectivity index (χ2n) is 5.61. The van der Waals surface area contributed by atoms with Crippen molar-refractivity contribution in [1.29, 1.82) is 0 Å². The molecule has 2 heterocycles. The van der Waals surface area contributed by atoms with E-state index in [4.69, 9.17) is 9.47 Å². The van der Waals surface area contributed by atoms with Crippen molar-refractivity contribution in [1.82, 2.24) is 10.2 Å². The number of ether oxygens (including phenoxy) is 2. The standard InChI is InChI=1S/C16H21N3O4/c20-15-11-23-14-3-2-12(10-13(14)18-15)16(21)17-4-1-5-19-6-8-22-9-7-19/h2-3,10H,1,4-9,11H2,(H,17,21)(H,18,20). The Morgan fingerprint density at radius 2 is 2.13 bits per heavy atom. The van der Waals surface area contributed by atoms with Crippen molar-refractivity contribution >= 4 is 17.5 Å². The fraction of sp³-hybridized carbons (Fsp3) is 0.500. The van der Waals surface area contributed by atoms with Gasteiger partial charge < -0.3 is 20.1 Å². The predicted molar refractivity (Wildman–Crippen MR) is 84.8 cm³/mol. The highest BCUT2D eigenvalue weighted by Gasteiger charge is 2.17. The minimum atomic E-state index is -0.208. The maximum atomic E-state index is 12.2. The summed E-state index contributed by atoms with van der Waals surface area (Å²) in [7, 11) is 0. The lowest BCUT2D eigenvalue weighted by atomic mass is 10.1. The van der Waals surface area contributed by atoms with E-state index in [2.05, 4.69) is 15.5 Å². The number of amides is 2. The van der Waals surface area contributed by atoms with E-state index in [0.29, 0.717) is 23.5 Å². The summed E-state index contributed by atoms with van der Waals surface area (Å²) < 4.78 is 10.6. The first-order chi connectivity index (χ1) is 11.2. The number of anilines is 1. The van der Waals surface area contributed by atoms with E-state index in [-0.39, 0.29) is 18.4 Å². The van der Waals surface area contributed by atoms with Crippen LogP contribution in [0.15, 0.2) is 18.2 Å². The smallest absolute Gasteiger partial charge is 0.262 e. The lowest BCUT2D eigenvalue weighted by Crippen LogP contribution is -2.38. The third kappa shape index (κ3) is 4.20. The predicted octanol–water partition coefficient (Wildman–Crippen LogP) is 0.470. The van der Waals surface area contributed by atoms with Gasteiger partial charge in [-0.1, -0.05) is 0 Å². The normalized spacial score (nSPS) is 17.8. The Hall–Kier alpha value is -2.12. The SMILES string of the molecule is O=C1COc2ccc(C(=O)NCCCN3CCOCC3)cc2N1. The lowest BCUT2D eigenvalue weighted by Gasteiger charge is -2.26. The molecule has 1 saturated heterocycles. The number of nitrogens with zero attached hydrogens (tertiary/aromatic N) is 1. The first kappa shape index (κ1) is 15.8. The number of carbonyl (C=O) groups excluding carboxylic acids is 2. The van der Waals surface area contributed by atoms with Crippen LogP contribution < -0.4 is 15.4 Å². The first-order valence-electron chi connectivity index (χ1n) is 7.87. The molecule has 3 rings (SSSR count). The summed E-state index contributed by atoms with van der Waals surface area (Å²) in [5.74, 6) is 0.239. The summed E-state index contributed by atoms with van der Waals surface area (Å²) in [5, 5.41) is 5.61. The molecule has 0 saturated carbocycles. The average molecular weight is 319 g/mol. The Balaban J connectivity index is 1.46. The Morgan fingerprint density at radius 3 is 2.96 bits per heavy atom. The molecule has 0 unspecified atom stereocenters. The van der Waals surface area contributed by atoms with Gasteiger partial charge in [-0.3, -0.25) is 14.5 Å². The van der Waals surface area contributed by atoms with E-state index >= 15 is 0 Å². The van der Waals surface area contributed by atoms with Crippen molar-refractivity contribution in [3.05, 3.63) is 23.8 Å². The molecule has 0 atom stereocenters. The van der Waals surface area contributed by atoms with Crippen molar-refractivity contribution < 1.29 is 19.1 Å². The molecule has 7 heteroatoms. The molecule has 0 bridgehead atoms. The summed E-state index contributed by atoms with van der Waals surface area (Å²) in [4.78, 5) is 25.8. The topological polar surface area (TPSA) is 79.9 Å². The van der Waals surface area contributed by atoms with E-state index in [9.17, 15) is 9.59 Å². The zero-order valence-electron chi connectivity index (χ0n) is 13.0. The molecule has 1 fully saturated rings. The molecular formula is C16H21N3O4. The Kier molecular flexibility index (Phi) is 5.09. The highest BCUT2D eigenvalue weighted by atomic mass is 16.5. The van der Waals surface area contributed by atoms with Crippen molar-refractivity contribution in [2.24, 2.45) is 0 Å². The van der Waals surface area contributed by atoms with Crippen molar-refractivity contribution in [3.63, 3.8) is 0 Å². The van der Waals surface area contributed by atoms with Gasteiger partial charge in [0.25, 0.3) is 11.8 Å². The average Bonchev–Trinajstić information content (AvgIpc) is 2.58. The van der Waals surface area contributed by atoms with Gasteiger partial charge in [-0.05, 0) is 31.2 Å². The van der Waals surface area contributed by atoms with Gasteiger partial charge in [0, 0.05) is 25.2 Å². The van der Waals surface area contributed by atoms with Crippen LogP contribution in [0.4, 0.5) is 5.69 Å². The highest BCUT2D eigenvalue weighted by molar-refractivity contribution is 5.99. The van der Waals surface area contributed by atoms with E-state index in [1.807, 2.05) is 0 Å². The van der Waals surface area contributed by atoms with Crippen LogP contribution in [-0.2, 0) is 9.53 Å². The van der Waals surface area contributed by atoms with Crippen LogP contribution >= 0.6 is 0 Å². The van der Waals surface area contributed by atoms with E-state index < -0.39 is 0 Å². The molecule has 1 aromatic rings. The van der Waals surface area contributed by atoms with Crippen LogP contribution in [0, 0.1) is 0 Å². The quantitative estimate of drug-likeness (QED) is 0.771. The molecule has 0 spiro atoms. The molecule has 2 amide bonds. The zero-order valence-corrected chi connectivity index (χ0v) is 13.0. The molecule has 1 aromatic carbocycles. The zero-order chi connectivity index (χ0) is 16.1. The molecule has 2 aliphatic rings. The number of hydrogen-bond acceptors (Lipinski definition) is 5. The fourth-order valence-corrected chi connectivity index (χ4v) is 2.66. The van der Waals surface area contributed by atoms with Gasteiger partial charge in [0.2, 0.25) is 0 Å². The maximum Gasteiger partial charge on any atom is 0.262 e. The summed E-state index contributed by atoms with van der Waals surface area (Å²) in [5.41, 5.74) is 1.06. The van der Waals surface area contributed by atoms with Gasteiger partial charge in [-0.25, -0.2) is 0 Å². The van der Waals surface area contributed by atoms with Crippen LogP contribution in [0.2, 0.25) is 0 Å². The summed E-state index contributed by atoms with van der Waals surface area (Å²) in [6.45, 7) is 5.08. The third-order valence-corrected chi connectivity index (χ3v) is 3.91. The highest BCUT2D eigenvalue weighted by Crippen LogP contribution is 2.28. The van der Waals surface area contributed by atoms with E-state index in [1.165, 1.54) is 0 Å². The lowest BCUT2D eigenvalue weighted by molar-refractivity contribution is -0.118. The second-order valence-corrected chi connectivity index (χ2v) is 5.61. The number of benzene rings is 1. The van der Waals surface area contributed by atoms with Crippen LogP contribution in [0.5, 0.6) is 5.75 Å². The number of morpholine rings is 1. The Morgan fingerprint density at radius 1 is 1.30 bits per heavy atom. The maximum absolute atomic E-state index is 12.2. The van der Waals surface area contributed by atoms with E-state index in [0.717, 1.165) is 39.3 Å². The summed E-state index contributed by atoms with van der Waals surface area (Å²) >= 11 is 0. The molecular weight excluding hydrogens is 298 g/mol. The molecule has 7 nitrogen and oxygen atoms in total. The van der Waals surface area contributed by atoms with Crippen molar-refractivity contribution in [2.45, 2.75) is 6.42 Å². The fourth-order valence-electron chi connectivity index (χ4n) is 2.66. The number of fused-ring (bicyclic) bond motifs is 1. The molecule has 0 radical (unpaired) electrons.